The minimum absolute atomic E-state index is 0.0159. The molecule has 1 fully saturated rings. The van der Waals surface area contributed by atoms with Crippen LogP contribution in [-0.4, -0.2) is 27.5 Å². The summed E-state index contributed by atoms with van der Waals surface area (Å²) in [6.45, 7) is 2.00. The number of amides is 1. The van der Waals surface area contributed by atoms with Gasteiger partial charge in [0.25, 0.3) is 5.91 Å². The van der Waals surface area contributed by atoms with Crippen molar-refractivity contribution >= 4 is 11.7 Å². The summed E-state index contributed by atoms with van der Waals surface area (Å²) in [5.74, 6) is 1.99. The van der Waals surface area contributed by atoms with Crippen LogP contribution in [0.2, 0.25) is 0 Å². The van der Waals surface area contributed by atoms with Crippen molar-refractivity contribution in [2.75, 3.05) is 0 Å². The lowest BCUT2D eigenvalue weighted by atomic mass is 9.91. The van der Waals surface area contributed by atoms with Gasteiger partial charge < -0.3 is 10.6 Å². The van der Waals surface area contributed by atoms with Crippen LogP contribution in [0, 0.1) is 18.3 Å². The first-order chi connectivity index (χ1) is 13.6. The van der Waals surface area contributed by atoms with Crippen LogP contribution in [0.5, 0.6) is 0 Å². The number of carbonyl (C=O) groups is 1. The van der Waals surface area contributed by atoms with Crippen LogP contribution < -0.4 is 10.6 Å². The number of allylic oxidation sites excluding steroid dienone is 1. The predicted octanol–water partition coefficient (Wildman–Crippen LogP) is 3.14. The molecular formula is C22H25N5O. The lowest BCUT2D eigenvalue weighted by Crippen LogP contribution is -2.42. The van der Waals surface area contributed by atoms with Gasteiger partial charge in [0.2, 0.25) is 0 Å². The molecule has 2 aromatic rings. The fraction of sp³-hybridized carbons (Fsp3) is 0.409. The Morgan fingerprint density at radius 2 is 2.04 bits per heavy atom. The van der Waals surface area contributed by atoms with Crippen LogP contribution in [0.15, 0.2) is 36.5 Å². The van der Waals surface area contributed by atoms with E-state index in [9.17, 15) is 4.79 Å². The third-order valence-corrected chi connectivity index (χ3v) is 5.55. The fourth-order valence-electron chi connectivity index (χ4n) is 4.07. The van der Waals surface area contributed by atoms with Gasteiger partial charge >= 0.3 is 0 Å². The molecule has 2 N–H and O–H groups in total. The maximum atomic E-state index is 12.5. The number of rotatable bonds is 4. The summed E-state index contributed by atoms with van der Waals surface area (Å²) >= 11 is 0. The van der Waals surface area contributed by atoms with Gasteiger partial charge in [-0.1, -0.05) is 17.7 Å². The summed E-state index contributed by atoms with van der Waals surface area (Å²) in [5.41, 5.74) is 2.29. The highest BCUT2D eigenvalue weighted by Gasteiger charge is 2.24. The van der Waals surface area contributed by atoms with E-state index in [-0.39, 0.29) is 11.9 Å². The van der Waals surface area contributed by atoms with Gasteiger partial charge in [-0.2, -0.15) is 5.26 Å². The van der Waals surface area contributed by atoms with E-state index < -0.39 is 0 Å². The van der Waals surface area contributed by atoms with Crippen molar-refractivity contribution in [3.63, 3.8) is 0 Å². The van der Waals surface area contributed by atoms with E-state index in [0.717, 1.165) is 61.3 Å². The zero-order valence-corrected chi connectivity index (χ0v) is 16.1. The first-order valence-corrected chi connectivity index (χ1v) is 9.95. The SMILES string of the molecule is Cc1cccc(C(=O)NC2CCC(NC3=CCCc4nc(C#N)cn43)CC2)c1. The van der Waals surface area contributed by atoms with Gasteiger partial charge in [-0.05, 0) is 57.2 Å². The summed E-state index contributed by atoms with van der Waals surface area (Å²) in [6.07, 6.45) is 9.72. The molecule has 28 heavy (non-hydrogen) atoms. The van der Waals surface area contributed by atoms with Crippen LogP contribution >= 0.6 is 0 Å². The van der Waals surface area contributed by atoms with Crippen LogP contribution in [0.4, 0.5) is 0 Å². The maximum absolute atomic E-state index is 12.5. The van der Waals surface area contributed by atoms with Crippen molar-refractivity contribution in [3.8, 4) is 6.07 Å². The number of nitrogens with one attached hydrogen (secondary N) is 2. The highest BCUT2D eigenvalue weighted by Crippen LogP contribution is 2.23. The molecule has 0 spiro atoms. The van der Waals surface area contributed by atoms with Crippen LogP contribution in [0.25, 0.3) is 5.82 Å². The summed E-state index contributed by atoms with van der Waals surface area (Å²) in [6, 6.07) is 10.4. The Balaban J connectivity index is 1.31. The second kappa shape index (κ2) is 7.89. The minimum atomic E-state index is 0.0159. The zero-order valence-electron chi connectivity index (χ0n) is 16.1. The Labute approximate surface area is 165 Å². The molecule has 4 rings (SSSR count). The first kappa shape index (κ1) is 18.3. The average molecular weight is 375 g/mol. The Hall–Kier alpha value is -3.07. The summed E-state index contributed by atoms with van der Waals surface area (Å²) in [7, 11) is 0. The molecule has 6 heteroatoms. The highest BCUT2D eigenvalue weighted by atomic mass is 16.1. The van der Waals surface area contributed by atoms with Gasteiger partial charge in [0.1, 0.15) is 17.7 Å². The third kappa shape index (κ3) is 3.94. The van der Waals surface area contributed by atoms with Crippen molar-refractivity contribution in [1.82, 2.24) is 20.2 Å². The van der Waals surface area contributed by atoms with E-state index in [0.29, 0.717) is 11.7 Å². The van der Waals surface area contributed by atoms with E-state index in [4.69, 9.17) is 5.26 Å². The van der Waals surface area contributed by atoms with Gasteiger partial charge in [0, 0.05) is 30.3 Å². The molecule has 1 aliphatic carbocycles. The Morgan fingerprint density at radius 1 is 1.25 bits per heavy atom. The lowest BCUT2D eigenvalue weighted by Gasteiger charge is -2.32. The van der Waals surface area contributed by atoms with Crippen molar-refractivity contribution < 1.29 is 4.79 Å². The van der Waals surface area contributed by atoms with E-state index in [1.807, 2.05) is 35.8 Å². The van der Waals surface area contributed by atoms with E-state index in [1.165, 1.54) is 0 Å². The number of nitriles is 1. The average Bonchev–Trinajstić information content (AvgIpc) is 3.14. The zero-order chi connectivity index (χ0) is 19.5. The standard InChI is InChI=1S/C22H25N5O/c1-15-4-2-5-16(12-15)22(28)26-18-10-8-17(9-11-18)24-20-6-3-7-21-25-19(13-23)14-27(20)21/h2,4-6,12,14,17-18,24H,3,7-11H2,1H3,(H,26,28). The summed E-state index contributed by atoms with van der Waals surface area (Å²) in [4.78, 5) is 16.8. The molecule has 1 aliphatic heterocycles. The van der Waals surface area contributed by atoms with Crippen molar-refractivity contribution in [3.05, 3.63) is 59.2 Å². The predicted molar refractivity (Wildman–Crippen MR) is 107 cm³/mol. The maximum Gasteiger partial charge on any atom is 0.251 e. The molecule has 0 atom stereocenters. The van der Waals surface area contributed by atoms with Crippen molar-refractivity contribution in [2.45, 2.75) is 57.5 Å². The third-order valence-electron chi connectivity index (χ3n) is 5.55. The second-order valence-corrected chi connectivity index (χ2v) is 7.69. The molecular weight excluding hydrogens is 350 g/mol. The molecule has 0 saturated heterocycles. The number of hydrogen-bond donors (Lipinski definition) is 2. The summed E-state index contributed by atoms with van der Waals surface area (Å²) < 4.78 is 2.01. The largest absolute Gasteiger partial charge is 0.369 e. The molecule has 1 amide bonds. The van der Waals surface area contributed by atoms with Gasteiger partial charge in [0.05, 0.1) is 0 Å². The molecule has 0 radical (unpaired) electrons. The Morgan fingerprint density at radius 3 is 2.79 bits per heavy atom. The Kier molecular flexibility index (Phi) is 5.16. The molecule has 6 nitrogen and oxygen atoms in total. The summed E-state index contributed by atoms with van der Waals surface area (Å²) in [5, 5.41) is 15.9. The molecule has 1 saturated carbocycles. The number of hydrogen-bond acceptors (Lipinski definition) is 4. The number of nitrogens with zero attached hydrogens (tertiary/aromatic N) is 3. The van der Waals surface area contributed by atoms with Crippen LogP contribution in [0.1, 0.15) is 59.5 Å². The number of fused-ring (bicyclic) bond motifs is 1. The number of aryl methyl sites for hydroxylation is 2. The number of imidazole rings is 1. The topological polar surface area (TPSA) is 82.7 Å². The Bertz CT molecular complexity index is 944. The van der Waals surface area contributed by atoms with E-state index >= 15 is 0 Å². The van der Waals surface area contributed by atoms with Gasteiger partial charge in [-0.25, -0.2) is 4.98 Å². The van der Waals surface area contributed by atoms with E-state index in [1.54, 1.807) is 6.20 Å². The smallest absolute Gasteiger partial charge is 0.251 e. The number of aromatic nitrogens is 2. The molecule has 0 unspecified atom stereocenters. The monoisotopic (exact) mass is 375 g/mol. The van der Waals surface area contributed by atoms with Crippen molar-refractivity contribution in [2.24, 2.45) is 0 Å². The first-order valence-electron chi connectivity index (χ1n) is 9.95. The molecule has 1 aromatic heterocycles. The number of benzene rings is 1. The van der Waals surface area contributed by atoms with Gasteiger partial charge in [0.15, 0.2) is 5.69 Å². The molecule has 2 heterocycles. The van der Waals surface area contributed by atoms with Gasteiger partial charge in [-0.15, -0.1) is 0 Å². The highest BCUT2D eigenvalue weighted by molar-refractivity contribution is 5.94. The normalized spacial score (nSPS) is 21.2. The van der Waals surface area contributed by atoms with E-state index in [2.05, 4.69) is 27.8 Å². The lowest BCUT2D eigenvalue weighted by molar-refractivity contribution is 0.0925. The van der Waals surface area contributed by atoms with Crippen LogP contribution in [0.3, 0.4) is 0 Å². The molecule has 1 aromatic carbocycles. The second-order valence-electron chi connectivity index (χ2n) is 7.69. The van der Waals surface area contributed by atoms with Crippen molar-refractivity contribution in [1.29, 1.82) is 5.26 Å². The minimum Gasteiger partial charge on any atom is -0.369 e. The molecule has 2 aliphatic rings. The van der Waals surface area contributed by atoms with Crippen LogP contribution in [-0.2, 0) is 6.42 Å². The number of carbonyl (C=O) groups excluding carboxylic acids is 1. The molecule has 0 bridgehead atoms. The molecule has 144 valence electrons. The van der Waals surface area contributed by atoms with Gasteiger partial charge in [-0.3, -0.25) is 9.36 Å². The quantitative estimate of drug-likeness (QED) is 0.860. The fourth-order valence-corrected chi connectivity index (χ4v) is 4.07.